The van der Waals surface area contributed by atoms with Crippen LogP contribution in [0.25, 0.3) is 0 Å². The number of nitrogens with zero attached hydrogens (tertiary/aromatic N) is 4. The molecule has 1 aliphatic carbocycles. The van der Waals surface area contributed by atoms with E-state index in [2.05, 4.69) is 27.6 Å². The zero-order valence-electron chi connectivity index (χ0n) is 15.8. The average molecular weight is 364 g/mol. The summed E-state index contributed by atoms with van der Waals surface area (Å²) in [6, 6.07) is 0.374. The zero-order valence-corrected chi connectivity index (χ0v) is 15.8. The maximum atomic E-state index is 12.3. The van der Waals surface area contributed by atoms with Gasteiger partial charge in [0.05, 0.1) is 6.10 Å². The van der Waals surface area contributed by atoms with Gasteiger partial charge in [-0.25, -0.2) is 9.48 Å². The zero-order chi connectivity index (χ0) is 18.4. The monoisotopic (exact) mass is 364 g/mol. The van der Waals surface area contributed by atoms with Gasteiger partial charge in [-0.1, -0.05) is 0 Å². The number of aliphatic hydroxyl groups excluding tert-OH is 1. The van der Waals surface area contributed by atoms with Gasteiger partial charge in [-0.3, -0.25) is 9.56 Å². The Morgan fingerprint density at radius 1 is 1.31 bits per heavy atom. The fourth-order valence-corrected chi connectivity index (χ4v) is 3.74. The molecule has 1 aromatic heterocycles. The molecule has 0 amide bonds. The molecular weight excluding hydrogens is 332 g/mol. The quantitative estimate of drug-likeness (QED) is 0.391. The molecule has 1 fully saturated rings. The van der Waals surface area contributed by atoms with Gasteiger partial charge in [0.1, 0.15) is 5.82 Å². The van der Waals surface area contributed by atoms with E-state index < -0.39 is 0 Å². The Morgan fingerprint density at radius 3 is 2.85 bits per heavy atom. The van der Waals surface area contributed by atoms with E-state index >= 15 is 0 Å². The normalized spacial score (nSPS) is 23.5. The predicted octanol–water partition coefficient (Wildman–Crippen LogP) is 0.630. The molecule has 0 saturated heterocycles. The topological polar surface area (TPSA) is 96.5 Å². The Balaban J connectivity index is 1.49. The van der Waals surface area contributed by atoms with Crippen LogP contribution in [-0.4, -0.2) is 50.6 Å². The molecule has 1 aliphatic heterocycles. The molecule has 26 heavy (non-hydrogen) atoms. The minimum Gasteiger partial charge on any atom is -0.393 e. The SMILES string of the molecule is CCNC(=NCCCn1nc2n(c1=O)CCCC2)NC1CCC(O)CC1. The molecule has 3 N–H and O–H groups in total. The smallest absolute Gasteiger partial charge is 0.345 e. The molecule has 2 aliphatic rings. The summed E-state index contributed by atoms with van der Waals surface area (Å²) in [4.78, 5) is 17.0. The maximum Gasteiger partial charge on any atom is 0.345 e. The van der Waals surface area contributed by atoms with Crippen LogP contribution < -0.4 is 16.3 Å². The van der Waals surface area contributed by atoms with Gasteiger partial charge >= 0.3 is 5.69 Å². The number of guanidine groups is 1. The highest BCUT2D eigenvalue weighted by Crippen LogP contribution is 2.18. The highest BCUT2D eigenvalue weighted by atomic mass is 16.3. The van der Waals surface area contributed by atoms with E-state index in [1.807, 2.05) is 4.57 Å². The molecule has 2 heterocycles. The second-order valence-electron chi connectivity index (χ2n) is 7.29. The van der Waals surface area contributed by atoms with Crippen LogP contribution in [0, 0.1) is 0 Å². The third kappa shape index (κ3) is 4.87. The second-order valence-corrected chi connectivity index (χ2v) is 7.29. The van der Waals surface area contributed by atoms with E-state index in [0.717, 1.165) is 76.2 Å². The van der Waals surface area contributed by atoms with Gasteiger partial charge in [0.2, 0.25) is 0 Å². The Hall–Kier alpha value is -1.83. The molecule has 0 atom stereocenters. The lowest BCUT2D eigenvalue weighted by atomic mass is 9.93. The van der Waals surface area contributed by atoms with E-state index in [4.69, 9.17) is 0 Å². The Bertz CT molecular complexity index is 657. The lowest BCUT2D eigenvalue weighted by Gasteiger charge is -2.27. The van der Waals surface area contributed by atoms with Crippen LogP contribution in [0.2, 0.25) is 0 Å². The fourth-order valence-electron chi connectivity index (χ4n) is 3.74. The van der Waals surface area contributed by atoms with E-state index in [-0.39, 0.29) is 11.8 Å². The number of rotatable bonds is 6. The number of aliphatic hydroxyl groups is 1. The van der Waals surface area contributed by atoms with Gasteiger partial charge in [0, 0.05) is 38.6 Å². The first-order chi connectivity index (χ1) is 12.7. The van der Waals surface area contributed by atoms with Gasteiger partial charge in [0.25, 0.3) is 0 Å². The lowest BCUT2D eigenvalue weighted by molar-refractivity contribution is 0.120. The van der Waals surface area contributed by atoms with Gasteiger partial charge < -0.3 is 15.7 Å². The standard InChI is InChI=1S/C18H32N6O2/c1-2-19-17(21-14-7-9-15(25)10-8-14)20-11-5-13-24-18(26)23-12-4-3-6-16(23)22-24/h14-15,25H,2-13H2,1H3,(H2,19,20,21). The summed E-state index contributed by atoms with van der Waals surface area (Å²) in [5.74, 6) is 1.75. The van der Waals surface area contributed by atoms with Crippen LogP contribution in [0.5, 0.6) is 0 Å². The van der Waals surface area contributed by atoms with Crippen LogP contribution in [0.15, 0.2) is 9.79 Å². The molecular formula is C18H32N6O2. The van der Waals surface area contributed by atoms with Crippen molar-refractivity contribution in [2.75, 3.05) is 13.1 Å². The molecule has 0 radical (unpaired) electrons. The first kappa shape index (κ1) is 18.9. The molecule has 1 saturated carbocycles. The number of hydrogen-bond donors (Lipinski definition) is 3. The minimum atomic E-state index is -0.147. The molecule has 8 heteroatoms. The summed E-state index contributed by atoms with van der Waals surface area (Å²) >= 11 is 0. The lowest BCUT2D eigenvalue weighted by Crippen LogP contribution is -2.45. The maximum absolute atomic E-state index is 12.3. The molecule has 0 spiro atoms. The van der Waals surface area contributed by atoms with Crippen molar-refractivity contribution in [1.82, 2.24) is 25.0 Å². The summed E-state index contributed by atoms with van der Waals surface area (Å²) in [7, 11) is 0. The second kappa shape index (κ2) is 9.21. The summed E-state index contributed by atoms with van der Waals surface area (Å²) in [5, 5.41) is 20.8. The van der Waals surface area contributed by atoms with E-state index in [1.54, 1.807) is 4.68 Å². The fraction of sp³-hybridized carbons (Fsp3) is 0.833. The molecule has 0 bridgehead atoms. The number of hydrogen-bond acceptors (Lipinski definition) is 4. The highest BCUT2D eigenvalue weighted by Gasteiger charge is 2.20. The Labute approximate surface area is 154 Å². The van der Waals surface area contributed by atoms with E-state index in [9.17, 15) is 9.90 Å². The minimum absolute atomic E-state index is 0.0227. The number of aromatic nitrogens is 3. The number of aliphatic imine (C=N–C) groups is 1. The van der Waals surface area contributed by atoms with Crippen LogP contribution in [0.4, 0.5) is 0 Å². The van der Waals surface area contributed by atoms with Crippen LogP contribution in [0.1, 0.15) is 57.7 Å². The van der Waals surface area contributed by atoms with Gasteiger partial charge in [-0.05, 0) is 51.9 Å². The Morgan fingerprint density at radius 2 is 2.12 bits per heavy atom. The van der Waals surface area contributed by atoms with Crippen molar-refractivity contribution in [1.29, 1.82) is 0 Å². The van der Waals surface area contributed by atoms with Gasteiger partial charge in [0.15, 0.2) is 5.96 Å². The van der Waals surface area contributed by atoms with Crippen molar-refractivity contribution >= 4 is 5.96 Å². The van der Waals surface area contributed by atoms with Crippen LogP contribution >= 0.6 is 0 Å². The van der Waals surface area contributed by atoms with E-state index in [1.165, 1.54) is 0 Å². The summed E-state index contributed by atoms with van der Waals surface area (Å²) in [6.07, 6.45) is 7.39. The van der Waals surface area contributed by atoms with Crippen molar-refractivity contribution in [3.05, 3.63) is 16.3 Å². The van der Waals surface area contributed by atoms with E-state index in [0.29, 0.717) is 19.1 Å². The van der Waals surface area contributed by atoms with Crippen LogP contribution in [-0.2, 0) is 19.5 Å². The number of nitrogens with one attached hydrogen (secondary N) is 2. The average Bonchev–Trinajstić information content (AvgIpc) is 2.97. The van der Waals surface area contributed by atoms with Crippen molar-refractivity contribution in [3.63, 3.8) is 0 Å². The first-order valence-electron chi connectivity index (χ1n) is 10.1. The van der Waals surface area contributed by atoms with Gasteiger partial charge in [-0.2, -0.15) is 5.10 Å². The first-order valence-corrected chi connectivity index (χ1v) is 10.1. The molecule has 146 valence electrons. The van der Waals surface area contributed by atoms with Crippen molar-refractivity contribution in [2.24, 2.45) is 4.99 Å². The third-order valence-electron chi connectivity index (χ3n) is 5.21. The molecule has 8 nitrogen and oxygen atoms in total. The third-order valence-corrected chi connectivity index (χ3v) is 5.21. The highest BCUT2D eigenvalue weighted by molar-refractivity contribution is 5.80. The molecule has 0 unspecified atom stereocenters. The van der Waals surface area contributed by atoms with Crippen LogP contribution in [0.3, 0.4) is 0 Å². The summed E-state index contributed by atoms with van der Waals surface area (Å²) < 4.78 is 3.41. The predicted molar refractivity (Wildman–Crippen MR) is 101 cm³/mol. The Kier molecular flexibility index (Phi) is 6.71. The van der Waals surface area contributed by atoms with Crippen molar-refractivity contribution in [3.8, 4) is 0 Å². The van der Waals surface area contributed by atoms with Crippen molar-refractivity contribution in [2.45, 2.75) is 83.5 Å². The number of fused-ring (bicyclic) bond motifs is 1. The molecule has 3 rings (SSSR count). The summed E-state index contributed by atoms with van der Waals surface area (Å²) in [6.45, 7) is 4.93. The largest absolute Gasteiger partial charge is 0.393 e. The molecule has 1 aromatic rings. The molecule has 0 aromatic carbocycles. The summed E-state index contributed by atoms with van der Waals surface area (Å²) in [5.41, 5.74) is 0.0227. The number of aryl methyl sites for hydroxylation is 2. The van der Waals surface area contributed by atoms with Crippen molar-refractivity contribution < 1.29 is 5.11 Å². The van der Waals surface area contributed by atoms with Gasteiger partial charge in [-0.15, -0.1) is 0 Å².